The Balaban J connectivity index is 1.69. The SMILES string of the molecule is O=C(NCc1ccco1)c1cncc(C(=O)Nc2ccccc2Cl)c1. The molecule has 25 heavy (non-hydrogen) atoms. The van der Waals surface area contributed by atoms with Crippen molar-refractivity contribution in [1.29, 1.82) is 0 Å². The van der Waals surface area contributed by atoms with Crippen LogP contribution in [0.25, 0.3) is 0 Å². The number of carbonyl (C=O) groups excluding carboxylic acids is 2. The Labute approximate surface area is 148 Å². The molecule has 0 aliphatic heterocycles. The molecule has 0 atom stereocenters. The minimum atomic E-state index is -0.402. The fraction of sp³-hybridized carbons (Fsp3) is 0.0556. The van der Waals surface area contributed by atoms with Crippen molar-refractivity contribution in [3.63, 3.8) is 0 Å². The number of benzene rings is 1. The smallest absolute Gasteiger partial charge is 0.257 e. The molecule has 0 aliphatic rings. The van der Waals surface area contributed by atoms with E-state index < -0.39 is 5.91 Å². The third kappa shape index (κ3) is 4.24. The molecule has 2 aromatic heterocycles. The second-order valence-electron chi connectivity index (χ2n) is 5.16. The highest BCUT2D eigenvalue weighted by Crippen LogP contribution is 2.21. The van der Waals surface area contributed by atoms with Crippen molar-refractivity contribution in [3.8, 4) is 0 Å². The van der Waals surface area contributed by atoms with Crippen LogP contribution in [0.1, 0.15) is 26.5 Å². The summed E-state index contributed by atoms with van der Waals surface area (Å²) in [7, 11) is 0. The zero-order valence-electron chi connectivity index (χ0n) is 13.0. The molecule has 2 N–H and O–H groups in total. The average molecular weight is 356 g/mol. The summed E-state index contributed by atoms with van der Waals surface area (Å²) in [5.74, 6) is -0.119. The van der Waals surface area contributed by atoms with Crippen LogP contribution >= 0.6 is 11.6 Å². The van der Waals surface area contributed by atoms with Crippen molar-refractivity contribution in [2.75, 3.05) is 5.32 Å². The summed E-state index contributed by atoms with van der Waals surface area (Å²) < 4.78 is 5.15. The molecule has 7 heteroatoms. The lowest BCUT2D eigenvalue weighted by molar-refractivity contribution is 0.0947. The lowest BCUT2D eigenvalue weighted by Gasteiger charge is -2.08. The predicted octanol–water partition coefficient (Wildman–Crippen LogP) is 3.51. The van der Waals surface area contributed by atoms with Crippen LogP contribution in [-0.4, -0.2) is 16.8 Å². The van der Waals surface area contributed by atoms with Crippen molar-refractivity contribution in [3.05, 3.63) is 83.0 Å². The monoisotopic (exact) mass is 355 g/mol. The van der Waals surface area contributed by atoms with Crippen molar-refractivity contribution >= 4 is 29.1 Å². The van der Waals surface area contributed by atoms with Gasteiger partial charge in [-0.1, -0.05) is 23.7 Å². The molecule has 0 spiro atoms. The number of amides is 2. The van der Waals surface area contributed by atoms with E-state index in [1.54, 1.807) is 36.4 Å². The summed E-state index contributed by atoms with van der Waals surface area (Å²) in [5.41, 5.74) is 1.02. The zero-order valence-corrected chi connectivity index (χ0v) is 13.8. The van der Waals surface area contributed by atoms with Gasteiger partial charge in [-0.05, 0) is 30.3 Å². The first-order valence-electron chi connectivity index (χ1n) is 7.45. The molecule has 2 amide bonds. The Morgan fingerprint density at radius 1 is 1.04 bits per heavy atom. The van der Waals surface area contributed by atoms with Crippen molar-refractivity contribution in [2.45, 2.75) is 6.54 Å². The maximum absolute atomic E-state index is 12.3. The van der Waals surface area contributed by atoms with Gasteiger partial charge < -0.3 is 15.1 Å². The molecular formula is C18H14ClN3O3. The van der Waals surface area contributed by atoms with Gasteiger partial charge in [-0.2, -0.15) is 0 Å². The number of rotatable bonds is 5. The lowest BCUT2D eigenvalue weighted by atomic mass is 10.2. The van der Waals surface area contributed by atoms with E-state index in [0.717, 1.165) is 0 Å². The molecule has 0 saturated heterocycles. The van der Waals surface area contributed by atoms with E-state index in [0.29, 0.717) is 16.5 Å². The van der Waals surface area contributed by atoms with Gasteiger partial charge in [0, 0.05) is 12.4 Å². The number of aromatic nitrogens is 1. The molecule has 0 aliphatic carbocycles. The quantitative estimate of drug-likeness (QED) is 0.733. The van der Waals surface area contributed by atoms with Gasteiger partial charge in [0.05, 0.1) is 34.6 Å². The van der Waals surface area contributed by atoms with Crippen LogP contribution in [0.2, 0.25) is 5.02 Å². The maximum atomic E-state index is 12.3. The number of hydrogen-bond donors (Lipinski definition) is 2. The molecule has 0 unspecified atom stereocenters. The number of hydrogen-bond acceptors (Lipinski definition) is 4. The van der Waals surface area contributed by atoms with E-state index in [-0.39, 0.29) is 23.6 Å². The van der Waals surface area contributed by atoms with Crippen LogP contribution in [0.5, 0.6) is 0 Å². The molecule has 0 bridgehead atoms. The first-order valence-corrected chi connectivity index (χ1v) is 7.83. The summed E-state index contributed by atoms with van der Waals surface area (Å²) in [4.78, 5) is 28.5. The van der Waals surface area contributed by atoms with Gasteiger partial charge in [0.2, 0.25) is 0 Å². The Bertz CT molecular complexity index is 894. The van der Waals surface area contributed by atoms with Crippen molar-refractivity contribution < 1.29 is 14.0 Å². The second kappa shape index (κ2) is 7.63. The number of carbonyl (C=O) groups is 2. The van der Waals surface area contributed by atoms with E-state index in [9.17, 15) is 9.59 Å². The normalized spacial score (nSPS) is 10.3. The molecule has 126 valence electrons. The summed E-state index contributed by atoms with van der Waals surface area (Å²) in [6.07, 6.45) is 4.31. The Hall–Kier alpha value is -3.12. The fourth-order valence-corrected chi connectivity index (χ4v) is 2.31. The fourth-order valence-electron chi connectivity index (χ4n) is 2.13. The van der Waals surface area contributed by atoms with Gasteiger partial charge in [-0.15, -0.1) is 0 Å². The number of anilines is 1. The van der Waals surface area contributed by atoms with Gasteiger partial charge in [0.15, 0.2) is 0 Å². The average Bonchev–Trinajstić information content (AvgIpc) is 3.15. The standard InChI is InChI=1S/C18H14ClN3O3/c19-15-5-1-2-6-16(15)22-18(24)13-8-12(9-20-10-13)17(23)21-11-14-4-3-7-25-14/h1-10H,11H2,(H,21,23)(H,22,24). The molecule has 3 aromatic rings. The van der Waals surface area contributed by atoms with Gasteiger partial charge in [0.25, 0.3) is 11.8 Å². The summed E-state index contributed by atoms with van der Waals surface area (Å²) >= 11 is 6.02. The van der Waals surface area contributed by atoms with E-state index in [1.165, 1.54) is 24.7 Å². The van der Waals surface area contributed by atoms with Crippen molar-refractivity contribution in [2.24, 2.45) is 0 Å². The van der Waals surface area contributed by atoms with Crippen LogP contribution < -0.4 is 10.6 Å². The van der Waals surface area contributed by atoms with Crippen LogP contribution in [0.4, 0.5) is 5.69 Å². The van der Waals surface area contributed by atoms with Crippen molar-refractivity contribution in [1.82, 2.24) is 10.3 Å². The number of pyridine rings is 1. The first-order chi connectivity index (χ1) is 12.1. The van der Waals surface area contributed by atoms with Gasteiger partial charge in [-0.3, -0.25) is 14.6 Å². The van der Waals surface area contributed by atoms with E-state index in [1.807, 2.05) is 0 Å². The molecule has 1 aromatic carbocycles. The Morgan fingerprint density at radius 2 is 1.80 bits per heavy atom. The molecule has 0 radical (unpaired) electrons. The zero-order chi connectivity index (χ0) is 17.6. The summed E-state index contributed by atoms with van der Waals surface area (Å²) in [6.45, 7) is 0.252. The van der Waals surface area contributed by atoms with Gasteiger partial charge in [-0.25, -0.2) is 0 Å². The number of nitrogens with zero attached hydrogens (tertiary/aromatic N) is 1. The minimum absolute atomic E-state index is 0.252. The van der Waals surface area contributed by atoms with E-state index in [4.69, 9.17) is 16.0 Å². The molecule has 0 fully saturated rings. The Morgan fingerprint density at radius 3 is 2.52 bits per heavy atom. The molecule has 0 saturated carbocycles. The molecule has 3 rings (SSSR count). The van der Waals surface area contributed by atoms with E-state index >= 15 is 0 Å². The maximum Gasteiger partial charge on any atom is 0.257 e. The predicted molar refractivity (Wildman–Crippen MR) is 93.5 cm³/mol. The highest BCUT2D eigenvalue weighted by Gasteiger charge is 2.13. The molecule has 6 nitrogen and oxygen atoms in total. The summed E-state index contributed by atoms with van der Waals surface area (Å²) in [6, 6.07) is 11.9. The first kappa shape index (κ1) is 16.7. The molecule has 2 heterocycles. The number of furan rings is 1. The minimum Gasteiger partial charge on any atom is -0.467 e. The lowest BCUT2D eigenvalue weighted by Crippen LogP contribution is -2.23. The summed E-state index contributed by atoms with van der Waals surface area (Å²) in [5, 5.41) is 5.82. The number of halogens is 1. The van der Waals surface area contributed by atoms with E-state index in [2.05, 4.69) is 15.6 Å². The van der Waals surface area contributed by atoms with Crippen LogP contribution in [0, 0.1) is 0 Å². The van der Waals surface area contributed by atoms with Crippen LogP contribution in [0.3, 0.4) is 0 Å². The number of nitrogens with one attached hydrogen (secondary N) is 2. The topological polar surface area (TPSA) is 84.2 Å². The third-order valence-corrected chi connectivity index (χ3v) is 3.72. The van der Waals surface area contributed by atoms with Gasteiger partial charge in [0.1, 0.15) is 5.76 Å². The number of para-hydroxylation sites is 1. The second-order valence-corrected chi connectivity index (χ2v) is 5.57. The van der Waals surface area contributed by atoms with Crippen LogP contribution in [0.15, 0.2) is 65.5 Å². The molecular weight excluding hydrogens is 342 g/mol. The third-order valence-electron chi connectivity index (χ3n) is 3.39. The largest absolute Gasteiger partial charge is 0.467 e. The van der Waals surface area contributed by atoms with Crippen LogP contribution in [-0.2, 0) is 6.54 Å². The highest BCUT2D eigenvalue weighted by atomic mass is 35.5. The Kier molecular flexibility index (Phi) is 5.11. The highest BCUT2D eigenvalue weighted by molar-refractivity contribution is 6.33. The van der Waals surface area contributed by atoms with Gasteiger partial charge >= 0.3 is 0 Å².